The molecule has 0 bridgehead atoms. The van der Waals surface area contributed by atoms with Gasteiger partial charge in [0.25, 0.3) is 5.91 Å². The fourth-order valence-corrected chi connectivity index (χ4v) is 4.41. The first kappa shape index (κ1) is 32.0. The Morgan fingerprint density at radius 1 is 0.905 bits per heavy atom. The smallest absolute Gasteiger partial charge is 0.481 e. The van der Waals surface area contributed by atoms with E-state index in [1.54, 1.807) is 12.1 Å². The number of anilines is 1. The standard InChI is InChI=1S/C29H26F6N2O5/c1-2-3-21(16-4-6-18(7-5-16)27(40)36-13-12-24(38)39)25(17-8-10-20(11-9-17)42-29(33,34)35)28(41)37-26-22(31)14-19(30)15-23(26)32/h4-11,14-15,21,25H,2-3,12-13H2,1H3,(H,36,40)(H,37,41)(H,38,39)/t21?,25-/m0/s1. The summed E-state index contributed by atoms with van der Waals surface area (Å²) in [6.07, 6.45) is -4.39. The topological polar surface area (TPSA) is 105 Å². The third-order valence-corrected chi connectivity index (χ3v) is 6.24. The van der Waals surface area contributed by atoms with Gasteiger partial charge < -0.3 is 20.5 Å². The molecule has 0 saturated carbocycles. The van der Waals surface area contributed by atoms with Crippen LogP contribution < -0.4 is 15.4 Å². The summed E-state index contributed by atoms with van der Waals surface area (Å²) in [4.78, 5) is 36.6. The minimum absolute atomic E-state index is 0.0961. The second-order valence-electron chi connectivity index (χ2n) is 9.25. The van der Waals surface area contributed by atoms with E-state index in [0.717, 1.165) is 12.1 Å². The summed E-state index contributed by atoms with van der Waals surface area (Å²) in [6, 6.07) is 11.2. The van der Waals surface area contributed by atoms with Crippen molar-refractivity contribution in [2.45, 2.75) is 44.4 Å². The maximum atomic E-state index is 14.4. The fraction of sp³-hybridized carbons (Fsp3) is 0.276. The summed E-state index contributed by atoms with van der Waals surface area (Å²) in [5.41, 5.74) is 0.0187. The van der Waals surface area contributed by atoms with Gasteiger partial charge in [0.1, 0.15) is 17.3 Å². The Labute approximate surface area is 236 Å². The molecule has 3 rings (SSSR count). The molecular formula is C29H26F6N2O5. The molecule has 0 aliphatic carbocycles. The monoisotopic (exact) mass is 596 g/mol. The maximum Gasteiger partial charge on any atom is 0.573 e. The van der Waals surface area contributed by atoms with Crippen LogP contribution >= 0.6 is 0 Å². The van der Waals surface area contributed by atoms with Gasteiger partial charge in [0, 0.05) is 24.2 Å². The molecule has 0 saturated heterocycles. The summed E-state index contributed by atoms with van der Waals surface area (Å²) in [6.45, 7) is 1.72. The first-order valence-electron chi connectivity index (χ1n) is 12.7. The van der Waals surface area contributed by atoms with E-state index in [2.05, 4.69) is 15.4 Å². The largest absolute Gasteiger partial charge is 0.573 e. The average molecular weight is 597 g/mol. The Hall–Kier alpha value is -4.55. The highest BCUT2D eigenvalue weighted by molar-refractivity contribution is 5.97. The number of benzene rings is 3. The van der Waals surface area contributed by atoms with Crippen molar-refractivity contribution in [2.75, 3.05) is 11.9 Å². The molecule has 0 fully saturated rings. The van der Waals surface area contributed by atoms with Gasteiger partial charge in [0.05, 0.1) is 12.3 Å². The van der Waals surface area contributed by atoms with Crippen molar-refractivity contribution in [2.24, 2.45) is 0 Å². The number of alkyl halides is 3. The van der Waals surface area contributed by atoms with Crippen LogP contribution in [0.15, 0.2) is 60.7 Å². The van der Waals surface area contributed by atoms with Crippen molar-refractivity contribution < 1.29 is 50.6 Å². The molecule has 1 unspecified atom stereocenters. The number of carboxylic acid groups (broad SMARTS) is 1. The zero-order chi connectivity index (χ0) is 31.0. The molecular weight excluding hydrogens is 570 g/mol. The van der Waals surface area contributed by atoms with Crippen molar-refractivity contribution in [3.05, 3.63) is 94.8 Å². The van der Waals surface area contributed by atoms with Crippen molar-refractivity contribution in [1.29, 1.82) is 0 Å². The Kier molecular flexibility index (Phi) is 10.6. The van der Waals surface area contributed by atoms with Crippen LogP contribution in [0.2, 0.25) is 0 Å². The Morgan fingerprint density at radius 2 is 1.48 bits per heavy atom. The second kappa shape index (κ2) is 13.9. The molecule has 7 nitrogen and oxygen atoms in total. The quantitative estimate of drug-likeness (QED) is 0.207. The number of carbonyl (C=O) groups excluding carboxylic acids is 2. The van der Waals surface area contributed by atoms with E-state index >= 15 is 0 Å². The van der Waals surface area contributed by atoms with Crippen LogP contribution in [0.4, 0.5) is 32.0 Å². The van der Waals surface area contributed by atoms with Gasteiger partial charge in [0.15, 0.2) is 11.6 Å². The van der Waals surface area contributed by atoms with Crippen molar-refractivity contribution >= 4 is 23.5 Å². The first-order chi connectivity index (χ1) is 19.8. The first-order valence-corrected chi connectivity index (χ1v) is 12.7. The van der Waals surface area contributed by atoms with Gasteiger partial charge in [-0.3, -0.25) is 14.4 Å². The van der Waals surface area contributed by atoms with E-state index in [1.165, 1.54) is 24.3 Å². The highest BCUT2D eigenvalue weighted by atomic mass is 19.4. The van der Waals surface area contributed by atoms with Crippen molar-refractivity contribution in [3.63, 3.8) is 0 Å². The molecule has 13 heteroatoms. The zero-order valence-electron chi connectivity index (χ0n) is 22.1. The van der Waals surface area contributed by atoms with Crippen LogP contribution in [0.25, 0.3) is 0 Å². The van der Waals surface area contributed by atoms with Crippen molar-refractivity contribution in [3.8, 4) is 5.75 Å². The van der Waals surface area contributed by atoms with E-state index in [1.807, 2.05) is 6.92 Å². The molecule has 2 atom stereocenters. The van der Waals surface area contributed by atoms with Gasteiger partial charge in [0.2, 0.25) is 5.91 Å². The third-order valence-electron chi connectivity index (χ3n) is 6.24. The number of halogens is 6. The van der Waals surface area contributed by atoms with Gasteiger partial charge in [-0.05, 0) is 47.7 Å². The van der Waals surface area contributed by atoms with Gasteiger partial charge in [-0.2, -0.15) is 0 Å². The number of rotatable bonds is 12. The summed E-state index contributed by atoms with van der Waals surface area (Å²) >= 11 is 0. The Morgan fingerprint density at radius 3 is 2.00 bits per heavy atom. The number of hydrogen-bond donors (Lipinski definition) is 3. The van der Waals surface area contributed by atoms with Gasteiger partial charge >= 0.3 is 12.3 Å². The maximum absolute atomic E-state index is 14.4. The predicted octanol–water partition coefficient (Wildman–Crippen LogP) is 6.51. The molecule has 3 N–H and O–H groups in total. The summed E-state index contributed by atoms with van der Waals surface area (Å²) in [5, 5.41) is 13.3. The molecule has 0 radical (unpaired) electrons. The van der Waals surface area contributed by atoms with E-state index in [0.29, 0.717) is 30.5 Å². The second-order valence-corrected chi connectivity index (χ2v) is 9.25. The molecule has 0 aliphatic heterocycles. The minimum Gasteiger partial charge on any atom is -0.481 e. The van der Waals surface area contributed by atoms with E-state index in [4.69, 9.17) is 5.11 Å². The highest BCUT2D eigenvalue weighted by Crippen LogP contribution is 2.39. The van der Waals surface area contributed by atoms with Gasteiger partial charge in [-0.25, -0.2) is 13.2 Å². The van der Waals surface area contributed by atoms with Crippen molar-refractivity contribution in [1.82, 2.24) is 5.32 Å². The third kappa shape index (κ3) is 8.72. The lowest BCUT2D eigenvalue weighted by Gasteiger charge is -2.28. The van der Waals surface area contributed by atoms with Crippen LogP contribution in [0, 0.1) is 17.5 Å². The number of hydrogen-bond acceptors (Lipinski definition) is 4. The normalized spacial score (nSPS) is 12.7. The number of nitrogens with one attached hydrogen (secondary N) is 2. The Bertz CT molecular complexity index is 1390. The number of carbonyl (C=O) groups is 3. The average Bonchev–Trinajstić information content (AvgIpc) is 2.90. The molecule has 0 spiro atoms. The number of carboxylic acids is 1. The summed E-state index contributed by atoms with van der Waals surface area (Å²) in [7, 11) is 0. The van der Waals surface area contributed by atoms with E-state index in [-0.39, 0.29) is 24.1 Å². The van der Waals surface area contributed by atoms with Crippen LogP contribution in [-0.4, -0.2) is 35.8 Å². The SMILES string of the molecule is CCCC(c1ccc(C(=O)NCCC(=O)O)cc1)[C@@H](C(=O)Nc1c(F)cc(F)cc1F)c1ccc(OC(F)(F)F)cc1. The van der Waals surface area contributed by atoms with Crippen LogP contribution in [0.3, 0.4) is 0 Å². The number of amides is 2. The molecule has 42 heavy (non-hydrogen) atoms. The summed E-state index contributed by atoms with van der Waals surface area (Å²) in [5.74, 6) is -8.91. The summed E-state index contributed by atoms with van der Waals surface area (Å²) < 4.78 is 84.1. The Balaban J connectivity index is 1.99. The zero-order valence-corrected chi connectivity index (χ0v) is 22.1. The van der Waals surface area contributed by atoms with Crippen LogP contribution in [0.1, 0.15) is 59.5 Å². The number of ether oxygens (including phenoxy) is 1. The predicted molar refractivity (Wildman–Crippen MR) is 139 cm³/mol. The van der Waals surface area contributed by atoms with E-state index < -0.39 is 64.9 Å². The highest BCUT2D eigenvalue weighted by Gasteiger charge is 2.34. The van der Waals surface area contributed by atoms with Crippen LogP contribution in [-0.2, 0) is 9.59 Å². The molecule has 0 heterocycles. The lowest BCUT2D eigenvalue weighted by molar-refractivity contribution is -0.274. The lowest BCUT2D eigenvalue weighted by atomic mass is 9.78. The lowest BCUT2D eigenvalue weighted by Crippen LogP contribution is -2.28. The minimum atomic E-state index is -4.96. The molecule has 3 aromatic rings. The fourth-order valence-electron chi connectivity index (χ4n) is 4.41. The van der Waals surface area contributed by atoms with Crippen LogP contribution in [0.5, 0.6) is 5.75 Å². The van der Waals surface area contributed by atoms with Gasteiger partial charge in [-0.15, -0.1) is 13.2 Å². The molecule has 2 amide bonds. The number of aliphatic carboxylic acids is 1. The molecule has 0 aromatic heterocycles. The molecule has 3 aromatic carbocycles. The molecule has 224 valence electrons. The van der Waals surface area contributed by atoms with Gasteiger partial charge in [-0.1, -0.05) is 37.6 Å². The van der Waals surface area contributed by atoms with E-state index in [9.17, 15) is 40.7 Å². The molecule has 0 aliphatic rings.